The number of amides is 1. The molecule has 2 aliphatic rings. The molecule has 3 N–H and O–H groups in total. The number of nitrogens with zero attached hydrogens (tertiary/aromatic N) is 1. The average Bonchev–Trinajstić information content (AvgIpc) is 3.17. The van der Waals surface area contributed by atoms with Gasteiger partial charge in [-0.2, -0.15) is 0 Å². The van der Waals surface area contributed by atoms with Gasteiger partial charge in [-0.3, -0.25) is 4.79 Å². The Bertz CT molecular complexity index is 737. The minimum atomic E-state index is -0.154. The van der Waals surface area contributed by atoms with Crippen molar-refractivity contribution in [3.63, 3.8) is 0 Å². The molecule has 0 aliphatic carbocycles. The number of carbonyl (C=O) groups is 1. The predicted molar refractivity (Wildman–Crippen MR) is 94.3 cm³/mol. The first-order valence-electron chi connectivity index (χ1n) is 9.06. The van der Waals surface area contributed by atoms with Crippen LogP contribution in [0.1, 0.15) is 58.6 Å². The molecule has 1 saturated heterocycles. The monoisotopic (exact) mass is 340 g/mol. The number of nitrogens with one attached hydrogen (secondary N) is 3. The standard InChI is InChI=1S/C19H24N4O2/c24-19(17-18(25-12-23-17)16-7-3-4-8-21-16)22-11-14-10-20-9-13-5-1-2-6-15(13)14/h1-2,5-6,12,14,16,20-21H,3-4,7-11H2,(H,22,24). The molecule has 3 heterocycles. The number of hydrogen-bond donors (Lipinski definition) is 3. The number of rotatable bonds is 4. The van der Waals surface area contributed by atoms with Crippen LogP contribution in [-0.4, -0.2) is 30.5 Å². The Balaban J connectivity index is 1.43. The molecule has 4 rings (SSSR count). The molecule has 2 aromatic rings. The third-order valence-corrected chi connectivity index (χ3v) is 5.15. The third kappa shape index (κ3) is 3.45. The van der Waals surface area contributed by atoms with Crippen LogP contribution in [0.2, 0.25) is 0 Å². The van der Waals surface area contributed by atoms with Crippen LogP contribution in [0, 0.1) is 0 Å². The second-order valence-electron chi connectivity index (χ2n) is 6.80. The van der Waals surface area contributed by atoms with E-state index in [1.165, 1.54) is 23.9 Å². The van der Waals surface area contributed by atoms with Crippen LogP contribution in [0.25, 0.3) is 0 Å². The van der Waals surface area contributed by atoms with Crippen LogP contribution < -0.4 is 16.0 Å². The molecule has 1 fully saturated rings. The Hall–Kier alpha value is -2.18. The quantitative estimate of drug-likeness (QED) is 0.794. The SMILES string of the molecule is O=C(NCC1CNCc2ccccc21)c1ncoc1C1CCCCN1. The van der Waals surface area contributed by atoms with E-state index in [1.54, 1.807) is 0 Å². The van der Waals surface area contributed by atoms with Gasteiger partial charge < -0.3 is 20.4 Å². The number of fused-ring (bicyclic) bond motifs is 1. The summed E-state index contributed by atoms with van der Waals surface area (Å²) in [6.07, 6.45) is 4.66. The van der Waals surface area contributed by atoms with Crippen molar-refractivity contribution in [1.29, 1.82) is 0 Å². The number of piperidine rings is 1. The van der Waals surface area contributed by atoms with Crippen molar-refractivity contribution in [2.45, 2.75) is 37.8 Å². The fourth-order valence-electron chi connectivity index (χ4n) is 3.81. The highest BCUT2D eigenvalue weighted by atomic mass is 16.3. The maximum Gasteiger partial charge on any atom is 0.273 e. The second-order valence-corrected chi connectivity index (χ2v) is 6.80. The molecule has 1 aromatic carbocycles. The summed E-state index contributed by atoms with van der Waals surface area (Å²) in [5.74, 6) is 0.788. The number of benzene rings is 1. The Morgan fingerprint density at radius 1 is 1.32 bits per heavy atom. The van der Waals surface area contributed by atoms with Gasteiger partial charge in [0.25, 0.3) is 5.91 Å². The second kappa shape index (κ2) is 7.37. The number of carbonyl (C=O) groups excluding carboxylic acids is 1. The van der Waals surface area contributed by atoms with Gasteiger partial charge in [0.05, 0.1) is 6.04 Å². The summed E-state index contributed by atoms with van der Waals surface area (Å²) >= 11 is 0. The summed E-state index contributed by atoms with van der Waals surface area (Å²) in [5, 5.41) is 9.87. The van der Waals surface area contributed by atoms with Gasteiger partial charge in [-0.1, -0.05) is 30.7 Å². The fourth-order valence-corrected chi connectivity index (χ4v) is 3.81. The first kappa shape index (κ1) is 16.3. The molecule has 1 amide bonds. The van der Waals surface area contributed by atoms with E-state index in [1.807, 2.05) is 0 Å². The van der Waals surface area contributed by atoms with Crippen molar-refractivity contribution in [2.24, 2.45) is 0 Å². The zero-order chi connectivity index (χ0) is 17.1. The lowest BCUT2D eigenvalue weighted by molar-refractivity contribution is 0.0942. The van der Waals surface area contributed by atoms with Crippen LogP contribution in [-0.2, 0) is 6.54 Å². The van der Waals surface area contributed by atoms with Gasteiger partial charge in [-0.05, 0) is 30.5 Å². The zero-order valence-electron chi connectivity index (χ0n) is 14.3. The van der Waals surface area contributed by atoms with Crippen LogP contribution in [0.4, 0.5) is 0 Å². The van der Waals surface area contributed by atoms with Gasteiger partial charge in [0.15, 0.2) is 17.8 Å². The van der Waals surface area contributed by atoms with Gasteiger partial charge in [-0.25, -0.2) is 4.98 Å². The normalized spacial score (nSPS) is 23.0. The van der Waals surface area contributed by atoms with Crippen LogP contribution in [0.3, 0.4) is 0 Å². The van der Waals surface area contributed by atoms with Gasteiger partial charge in [0.2, 0.25) is 0 Å². The van der Waals surface area contributed by atoms with Crippen LogP contribution >= 0.6 is 0 Å². The third-order valence-electron chi connectivity index (χ3n) is 5.15. The minimum Gasteiger partial charge on any atom is -0.446 e. The van der Waals surface area contributed by atoms with E-state index in [-0.39, 0.29) is 17.9 Å². The molecule has 25 heavy (non-hydrogen) atoms. The lowest BCUT2D eigenvalue weighted by atomic mass is 9.91. The molecule has 0 radical (unpaired) electrons. The predicted octanol–water partition coefficient (Wildman–Crippen LogP) is 2.11. The number of oxazole rings is 1. The van der Waals surface area contributed by atoms with Crippen molar-refractivity contribution in [1.82, 2.24) is 20.9 Å². The summed E-state index contributed by atoms with van der Waals surface area (Å²) in [6.45, 7) is 3.30. The first-order valence-corrected chi connectivity index (χ1v) is 9.06. The maximum atomic E-state index is 12.6. The van der Waals surface area contributed by atoms with Crippen LogP contribution in [0.5, 0.6) is 0 Å². The van der Waals surface area contributed by atoms with E-state index in [0.717, 1.165) is 32.5 Å². The molecule has 0 saturated carbocycles. The number of hydrogen-bond acceptors (Lipinski definition) is 5. The molecule has 1 aromatic heterocycles. The van der Waals surface area contributed by atoms with Gasteiger partial charge in [0.1, 0.15) is 0 Å². The summed E-state index contributed by atoms with van der Waals surface area (Å²) < 4.78 is 5.53. The number of aromatic nitrogens is 1. The topological polar surface area (TPSA) is 79.2 Å². The highest BCUT2D eigenvalue weighted by Crippen LogP contribution is 2.26. The molecule has 2 unspecified atom stereocenters. The molecule has 6 nitrogen and oxygen atoms in total. The Morgan fingerprint density at radius 2 is 2.24 bits per heavy atom. The fraction of sp³-hybridized carbons (Fsp3) is 0.474. The van der Waals surface area contributed by atoms with Crippen molar-refractivity contribution >= 4 is 5.91 Å². The molecule has 132 valence electrons. The van der Waals surface area contributed by atoms with Crippen molar-refractivity contribution in [3.8, 4) is 0 Å². The summed E-state index contributed by atoms with van der Waals surface area (Å²) in [6, 6.07) is 8.50. The summed E-state index contributed by atoms with van der Waals surface area (Å²) in [4.78, 5) is 16.8. The highest BCUT2D eigenvalue weighted by molar-refractivity contribution is 5.93. The summed E-state index contributed by atoms with van der Waals surface area (Å²) in [5.41, 5.74) is 3.04. The lowest BCUT2D eigenvalue weighted by Crippen LogP contribution is -2.37. The van der Waals surface area contributed by atoms with E-state index in [9.17, 15) is 4.79 Å². The van der Waals surface area contributed by atoms with E-state index in [0.29, 0.717) is 18.0 Å². The van der Waals surface area contributed by atoms with Crippen molar-refractivity contribution in [3.05, 3.63) is 53.2 Å². The van der Waals surface area contributed by atoms with Gasteiger partial charge in [0, 0.05) is 25.6 Å². The minimum absolute atomic E-state index is 0.0917. The van der Waals surface area contributed by atoms with Crippen LogP contribution in [0.15, 0.2) is 35.1 Å². The van der Waals surface area contributed by atoms with Crippen molar-refractivity contribution in [2.75, 3.05) is 19.6 Å². The molecular weight excluding hydrogens is 316 g/mol. The smallest absolute Gasteiger partial charge is 0.273 e. The van der Waals surface area contributed by atoms with E-state index >= 15 is 0 Å². The molecule has 0 bridgehead atoms. The molecular formula is C19H24N4O2. The molecule has 2 aliphatic heterocycles. The molecule has 6 heteroatoms. The average molecular weight is 340 g/mol. The largest absolute Gasteiger partial charge is 0.446 e. The first-order chi connectivity index (χ1) is 12.3. The van der Waals surface area contributed by atoms with E-state index in [4.69, 9.17) is 4.42 Å². The van der Waals surface area contributed by atoms with Crippen molar-refractivity contribution < 1.29 is 9.21 Å². The van der Waals surface area contributed by atoms with Gasteiger partial charge >= 0.3 is 0 Å². The van der Waals surface area contributed by atoms with E-state index < -0.39 is 0 Å². The highest BCUT2D eigenvalue weighted by Gasteiger charge is 2.27. The lowest BCUT2D eigenvalue weighted by Gasteiger charge is -2.26. The molecule has 0 spiro atoms. The Labute approximate surface area is 147 Å². The Morgan fingerprint density at radius 3 is 3.12 bits per heavy atom. The summed E-state index contributed by atoms with van der Waals surface area (Å²) in [7, 11) is 0. The van der Waals surface area contributed by atoms with E-state index in [2.05, 4.69) is 45.2 Å². The Kier molecular flexibility index (Phi) is 4.81. The zero-order valence-corrected chi connectivity index (χ0v) is 14.3. The van der Waals surface area contributed by atoms with Gasteiger partial charge in [-0.15, -0.1) is 0 Å². The molecule has 2 atom stereocenters. The maximum absolute atomic E-state index is 12.6.